The summed E-state index contributed by atoms with van der Waals surface area (Å²) in [6.45, 7) is 0.482. The SMILES string of the molecule is CC(=O)C(F)(F)F.COC(=O)c1ncnc2ccccc12.FC(F)(F)C1=NCC(c2ncnc3ccccc23)=C1.O=C(C=C(O)c1ncnc2ccccc12)C(F)(F)F.O=C(O)c1ncnc2ccccc12. The average Bonchev–Trinajstić information content (AvgIpc) is 3.87. The van der Waals surface area contributed by atoms with E-state index < -0.39 is 53.5 Å². The van der Waals surface area contributed by atoms with E-state index >= 15 is 0 Å². The first kappa shape index (κ1) is 53.8. The molecule has 0 bridgehead atoms. The lowest BCUT2D eigenvalue weighted by Gasteiger charge is -2.05. The topological polar surface area (TPSA) is 233 Å². The fourth-order valence-corrected chi connectivity index (χ4v) is 5.92. The van der Waals surface area contributed by atoms with Crippen LogP contribution in [0.5, 0.6) is 0 Å². The first-order valence-electron chi connectivity index (χ1n) is 20.0. The van der Waals surface area contributed by atoms with E-state index in [2.05, 4.69) is 49.6 Å². The number of fused-ring (bicyclic) bond motifs is 4. The van der Waals surface area contributed by atoms with Crippen molar-refractivity contribution in [2.24, 2.45) is 4.99 Å². The number of ether oxygens (including phenoxy) is 1. The van der Waals surface area contributed by atoms with Crippen LogP contribution in [-0.4, -0.2) is 111 Å². The van der Waals surface area contributed by atoms with Crippen LogP contribution in [0.3, 0.4) is 0 Å². The molecule has 0 amide bonds. The Kier molecular flexibility index (Phi) is 17.5. The van der Waals surface area contributed by atoms with Crippen molar-refractivity contribution < 1.29 is 73.6 Å². The van der Waals surface area contributed by atoms with Gasteiger partial charge in [-0.1, -0.05) is 72.8 Å². The molecule has 0 saturated heterocycles. The molecule has 0 unspecified atom stereocenters. The molecule has 0 atom stereocenters. The number of aliphatic hydroxyl groups excluding tert-OH is 1. The molecule has 8 aromatic rings. The van der Waals surface area contributed by atoms with E-state index in [1.165, 1.54) is 32.2 Å². The predicted octanol–water partition coefficient (Wildman–Crippen LogP) is 9.57. The number of carboxylic acids is 1. The Bertz CT molecular complexity index is 3280. The van der Waals surface area contributed by atoms with Crippen molar-refractivity contribution in [1.29, 1.82) is 0 Å². The molecule has 370 valence electrons. The summed E-state index contributed by atoms with van der Waals surface area (Å²) in [7, 11) is 1.33. The number of carbonyl (C=O) groups is 4. The molecule has 1 aliphatic heterocycles. The van der Waals surface area contributed by atoms with Crippen molar-refractivity contribution in [1.82, 2.24) is 39.9 Å². The first-order chi connectivity index (χ1) is 34.0. The summed E-state index contributed by atoms with van der Waals surface area (Å²) < 4.78 is 111. The lowest BCUT2D eigenvalue weighted by molar-refractivity contribution is -0.168. The van der Waals surface area contributed by atoms with Crippen molar-refractivity contribution in [2.75, 3.05) is 13.7 Å². The number of carbonyl (C=O) groups excluding carboxylic acids is 3. The van der Waals surface area contributed by atoms with Gasteiger partial charge in [0, 0.05) is 40.1 Å². The van der Waals surface area contributed by atoms with E-state index in [0.717, 1.165) is 23.3 Å². The summed E-state index contributed by atoms with van der Waals surface area (Å²) >= 11 is 0. The molecule has 9 rings (SSSR count). The molecular weight excluding hydrogens is 974 g/mol. The summed E-state index contributed by atoms with van der Waals surface area (Å²) in [6, 6.07) is 28.0. The molecule has 72 heavy (non-hydrogen) atoms. The number of halogens is 9. The standard InChI is InChI=1S/C13H8F3N3.C12H7F3N2O2.C10H8N2O2.C9H6N2O2.C3H3F3O/c14-13(15,16)11-5-8(6-17-11)12-9-3-1-2-4-10(9)18-7-19-12;13-12(14,15)10(19)5-9(18)11-7-3-1-2-4-8(7)16-6-17-11;1-14-10(13)9-7-4-2-3-5-8(7)11-6-12-9;12-9(13)8-6-3-1-2-4-7(6)10-5-11-8;1-2(7)3(4,5)6/h1-5,7H,6H2;1-6,18H;2-6H,1H3;1-5H,(H,12,13);1H3. The number of ketones is 2. The van der Waals surface area contributed by atoms with Crippen LogP contribution in [0.2, 0.25) is 0 Å². The lowest BCUT2D eigenvalue weighted by atomic mass is 10.1. The van der Waals surface area contributed by atoms with Gasteiger partial charge in [-0.15, -0.1) is 0 Å². The molecular formula is C47H32F9N9O7. The number of aromatic nitrogens is 8. The second-order valence-electron chi connectivity index (χ2n) is 14.1. The quantitative estimate of drug-likeness (QED) is 0.0707. The van der Waals surface area contributed by atoms with E-state index in [1.807, 2.05) is 24.3 Å². The van der Waals surface area contributed by atoms with Gasteiger partial charge >= 0.3 is 30.5 Å². The van der Waals surface area contributed by atoms with Crippen LogP contribution in [-0.2, 0) is 14.3 Å². The molecule has 1 aliphatic rings. The molecule has 0 aliphatic carbocycles. The third-order valence-electron chi connectivity index (χ3n) is 9.27. The maximum atomic E-state index is 12.6. The number of hydrogen-bond acceptors (Lipinski definition) is 15. The number of aliphatic imine (C=N–C) groups is 1. The van der Waals surface area contributed by atoms with Gasteiger partial charge in [0.15, 0.2) is 11.4 Å². The van der Waals surface area contributed by atoms with Gasteiger partial charge in [-0.2, -0.15) is 39.5 Å². The van der Waals surface area contributed by atoms with Crippen LogP contribution >= 0.6 is 0 Å². The summed E-state index contributed by atoms with van der Waals surface area (Å²) in [6.07, 6.45) is -7.87. The highest BCUT2D eigenvalue weighted by Crippen LogP contribution is 2.29. The van der Waals surface area contributed by atoms with Crippen molar-refractivity contribution in [3.05, 3.63) is 157 Å². The first-order valence-corrected chi connectivity index (χ1v) is 20.0. The van der Waals surface area contributed by atoms with Crippen molar-refractivity contribution >= 4 is 84.2 Å². The number of aliphatic hydroxyl groups is 1. The number of benzene rings is 4. The highest BCUT2D eigenvalue weighted by molar-refractivity contribution is 6.09. The zero-order chi connectivity index (χ0) is 52.8. The Labute approximate surface area is 398 Å². The summed E-state index contributed by atoms with van der Waals surface area (Å²) in [5.41, 5.74) is 2.88. The largest absolute Gasteiger partial charge is 0.506 e. The normalized spacial score (nSPS) is 12.3. The number of Topliss-reactive ketones (excluding diaryl/α,β-unsaturated/α-hetero) is 1. The van der Waals surface area contributed by atoms with Crippen LogP contribution in [0.1, 0.15) is 39.3 Å². The molecule has 0 spiro atoms. The van der Waals surface area contributed by atoms with Gasteiger partial charge in [-0.25, -0.2) is 49.5 Å². The maximum absolute atomic E-state index is 12.6. The number of aromatic carboxylic acids is 1. The fraction of sp³-hybridized carbons (Fsp3) is 0.128. The summed E-state index contributed by atoms with van der Waals surface area (Å²) in [5.74, 6) is -6.22. The number of para-hydroxylation sites is 4. The Hall–Kier alpha value is -9.16. The number of hydrogen-bond donors (Lipinski definition) is 2. The van der Waals surface area contributed by atoms with Gasteiger partial charge in [-0.05, 0) is 30.3 Å². The molecule has 0 fully saturated rings. The molecule has 2 N–H and O–H groups in total. The minimum Gasteiger partial charge on any atom is -0.506 e. The molecule has 5 heterocycles. The third-order valence-corrected chi connectivity index (χ3v) is 9.27. The van der Waals surface area contributed by atoms with E-state index in [9.17, 15) is 63.8 Å². The highest BCUT2D eigenvalue weighted by atomic mass is 19.4. The second kappa shape index (κ2) is 23.4. The number of methoxy groups -OCH3 is 1. The van der Waals surface area contributed by atoms with Crippen LogP contribution in [0.4, 0.5) is 39.5 Å². The summed E-state index contributed by atoms with van der Waals surface area (Å²) in [5, 5.41) is 20.8. The number of nitrogens with zero attached hydrogens (tertiary/aromatic N) is 9. The molecule has 4 aromatic heterocycles. The zero-order valence-corrected chi connectivity index (χ0v) is 36.8. The molecule has 0 radical (unpaired) electrons. The Balaban J connectivity index is 0.000000172. The Morgan fingerprint density at radius 2 is 0.931 bits per heavy atom. The summed E-state index contributed by atoms with van der Waals surface area (Å²) in [4.78, 5) is 77.0. The van der Waals surface area contributed by atoms with E-state index in [4.69, 9.17) is 5.11 Å². The predicted molar refractivity (Wildman–Crippen MR) is 241 cm³/mol. The highest BCUT2D eigenvalue weighted by Gasteiger charge is 2.38. The molecule has 0 saturated carbocycles. The number of alkyl halides is 9. The van der Waals surface area contributed by atoms with Gasteiger partial charge in [-0.3, -0.25) is 14.6 Å². The smallest absolute Gasteiger partial charge is 0.454 e. The minimum absolute atomic E-state index is 0.00412. The van der Waals surface area contributed by atoms with Crippen molar-refractivity contribution in [3.63, 3.8) is 0 Å². The average molecular weight is 1010 g/mol. The van der Waals surface area contributed by atoms with Crippen LogP contribution in [0.15, 0.2) is 140 Å². The van der Waals surface area contributed by atoms with E-state index in [-0.39, 0.29) is 24.0 Å². The van der Waals surface area contributed by atoms with Gasteiger partial charge in [0.1, 0.15) is 42.5 Å². The van der Waals surface area contributed by atoms with Gasteiger partial charge < -0.3 is 14.9 Å². The number of carboxylic acid groups (broad SMARTS) is 1. The Morgan fingerprint density at radius 3 is 1.35 bits per heavy atom. The zero-order valence-electron chi connectivity index (χ0n) is 36.8. The molecule has 25 heteroatoms. The number of allylic oxidation sites excluding steroid dienone is 2. The van der Waals surface area contributed by atoms with Crippen LogP contribution < -0.4 is 0 Å². The van der Waals surface area contributed by atoms with Crippen molar-refractivity contribution in [2.45, 2.75) is 25.5 Å². The van der Waals surface area contributed by atoms with E-state index in [0.29, 0.717) is 56.6 Å². The van der Waals surface area contributed by atoms with Crippen LogP contribution in [0.25, 0.3) is 54.9 Å². The number of rotatable bonds is 5. The monoisotopic (exact) mass is 1010 g/mol. The molecule has 4 aromatic carbocycles. The number of esters is 1. The van der Waals surface area contributed by atoms with Gasteiger partial charge in [0.2, 0.25) is 5.78 Å². The Morgan fingerprint density at radius 1 is 0.542 bits per heavy atom. The van der Waals surface area contributed by atoms with Crippen molar-refractivity contribution in [3.8, 4) is 0 Å². The van der Waals surface area contributed by atoms with Crippen LogP contribution in [0, 0.1) is 0 Å². The maximum Gasteiger partial charge on any atom is 0.454 e. The minimum atomic E-state index is -5.03. The fourth-order valence-electron chi connectivity index (χ4n) is 5.92. The van der Waals surface area contributed by atoms with Gasteiger partial charge in [0.25, 0.3) is 5.78 Å². The molecule has 16 nitrogen and oxygen atoms in total. The van der Waals surface area contributed by atoms with Gasteiger partial charge in [0.05, 0.1) is 41.4 Å². The lowest BCUT2D eigenvalue weighted by Crippen LogP contribution is -2.20. The third kappa shape index (κ3) is 14.2. The second-order valence-corrected chi connectivity index (χ2v) is 14.1. The van der Waals surface area contributed by atoms with E-state index in [1.54, 1.807) is 66.7 Å².